The third-order valence-electron chi connectivity index (χ3n) is 1.30. The number of benzene rings is 1. The van der Waals surface area contributed by atoms with E-state index in [1.165, 1.54) is 0 Å². The smallest absolute Gasteiger partial charge is 0.127 e. The lowest BCUT2D eigenvalue weighted by molar-refractivity contribution is -0.305. The van der Waals surface area contributed by atoms with Gasteiger partial charge in [-0.1, -0.05) is 31.5 Å². The van der Waals surface area contributed by atoms with E-state index in [0.717, 1.165) is 5.69 Å². The van der Waals surface area contributed by atoms with E-state index in [1.54, 1.807) is 6.92 Å². The Labute approximate surface area is 78.2 Å². The molecule has 0 unspecified atom stereocenters. The number of carboxylic acid groups (broad SMARTS) is 1. The summed E-state index contributed by atoms with van der Waals surface area (Å²) in [5.74, 6) is -0.961. The first kappa shape index (κ1) is 11.6. The number of quaternary nitrogens is 1. The zero-order chi connectivity index (χ0) is 10.1. The van der Waals surface area contributed by atoms with Crippen LogP contribution in [0.15, 0.2) is 30.3 Å². The Balaban J connectivity index is 0.000000226. The summed E-state index contributed by atoms with van der Waals surface area (Å²) in [5, 5.41) is 9.49. The van der Waals surface area contributed by atoms with Crippen LogP contribution in [0.3, 0.4) is 0 Å². The molecule has 0 aliphatic heterocycles. The van der Waals surface area contributed by atoms with Gasteiger partial charge in [-0.25, -0.2) is 0 Å². The first-order chi connectivity index (χ1) is 6.16. The Hall–Kier alpha value is -1.35. The van der Waals surface area contributed by atoms with Gasteiger partial charge < -0.3 is 15.6 Å². The predicted octanol–water partition coefficient (Wildman–Crippen LogP) is 0.0964. The second-order valence-electron chi connectivity index (χ2n) is 2.61. The van der Waals surface area contributed by atoms with E-state index in [9.17, 15) is 9.90 Å². The van der Waals surface area contributed by atoms with Gasteiger partial charge in [-0.05, 0) is 18.6 Å². The van der Waals surface area contributed by atoms with Crippen LogP contribution < -0.4 is 10.8 Å². The molecule has 0 spiro atoms. The Kier molecular flexibility index (Phi) is 6.55. The van der Waals surface area contributed by atoms with Crippen LogP contribution in [0.25, 0.3) is 0 Å². The van der Waals surface area contributed by atoms with Gasteiger partial charge in [0.25, 0.3) is 0 Å². The van der Waals surface area contributed by atoms with Crippen LogP contribution >= 0.6 is 0 Å². The molecule has 1 aromatic carbocycles. The molecule has 1 rings (SSSR count). The molecule has 1 aromatic rings. The molecule has 3 heteroatoms. The van der Waals surface area contributed by atoms with Crippen molar-refractivity contribution < 1.29 is 15.6 Å². The maximum absolute atomic E-state index is 9.49. The Morgan fingerprint density at radius 3 is 2.08 bits per heavy atom. The van der Waals surface area contributed by atoms with Crippen molar-refractivity contribution in [3.63, 3.8) is 0 Å². The highest BCUT2D eigenvalue weighted by atomic mass is 16.4. The zero-order valence-electron chi connectivity index (χ0n) is 7.82. The lowest BCUT2D eigenvalue weighted by atomic mass is 10.3. The Morgan fingerprint density at radius 1 is 1.38 bits per heavy atom. The van der Waals surface area contributed by atoms with Crippen LogP contribution in [0, 0.1) is 0 Å². The molecule has 0 amide bonds. The second-order valence-corrected chi connectivity index (χ2v) is 2.61. The molecule has 0 saturated carbocycles. The first-order valence-corrected chi connectivity index (χ1v) is 4.23. The molecule has 0 aliphatic carbocycles. The van der Waals surface area contributed by atoms with Crippen molar-refractivity contribution in [3.8, 4) is 0 Å². The molecular formula is C10H15NO2. The van der Waals surface area contributed by atoms with Crippen molar-refractivity contribution in [2.75, 3.05) is 0 Å². The SMILES string of the molecule is CCCC(=O)[O-].[NH3+]c1ccccc1. The van der Waals surface area contributed by atoms with E-state index >= 15 is 0 Å². The fourth-order valence-corrected chi connectivity index (χ4v) is 0.682. The molecular weight excluding hydrogens is 166 g/mol. The molecule has 13 heavy (non-hydrogen) atoms. The average Bonchev–Trinajstić information content (AvgIpc) is 2.06. The number of hydrogen-bond acceptors (Lipinski definition) is 2. The van der Waals surface area contributed by atoms with E-state index < -0.39 is 5.97 Å². The third kappa shape index (κ3) is 8.56. The number of aliphatic carboxylic acids is 1. The fraction of sp³-hybridized carbons (Fsp3) is 0.300. The van der Waals surface area contributed by atoms with Gasteiger partial charge in [-0.3, -0.25) is 0 Å². The molecule has 0 aromatic heterocycles. The summed E-state index contributed by atoms with van der Waals surface area (Å²) < 4.78 is 0. The molecule has 0 radical (unpaired) electrons. The Bertz CT molecular complexity index is 234. The van der Waals surface area contributed by atoms with Crippen molar-refractivity contribution in [2.45, 2.75) is 19.8 Å². The molecule has 0 heterocycles. The van der Waals surface area contributed by atoms with E-state index in [-0.39, 0.29) is 6.42 Å². The molecule has 0 bridgehead atoms. The minimum absolute atomic E-state index is 0.181. The van der Waals surface area contributed by atoms with Crippen molar-refractivity contribution in [2.24, 2.45) is 0 Å². The van der Waals surface area contributed by atoms with Gasteiger partial charge in [0, 0.05) is 5.97 Å². The normalized spacial score (nSPS) is 8.46. The Morgan fingerprint density at radius 2 is 1.92 bits per heavy atom. The number of carbonyl (C=O) groups is 1. The quantitative estimate of drug-likeness (QED) is 0.703. The van der Waals surface area contributed by atoms with E-state index in [2.05, 4.69) is 5.73 Å². The molecule has 0 atom stereocenters. The van der Waals surface area contributed by atoms with Gasteiger partial charge in [-0.15, -0.1) is 0 Å². The summed E-state index contributed by atoms with van der Waals surface area (Å²) in [7, 11) is 0. The first-order valence-electron chi connectivity index (χ1n) is 4.23. The predicted molar refractivity (Wildman–Crippen MR) is 48.9 cm³/mol. The number of rotatable bonds is 2. The van der Waals surface area contributed by atoms with Gasteiger partial charge >= 0.3 is 0 Å². The second kappa shape index (κ2) is 7.31. The molecule has 3 N–H and O–H groups in total. The van der Waals surface area contributed by atoms with Gasteiger partial charge in [0.1, 0.15) is 5.69 Å². The molecule has 0 saturated heterocycles. The van der Waals surface area contributed by atoms with Crippen molar-refractivity contribution in [3.05, 3.63) is 30.3 Å². The van der Waals surface area contributed by atoms with Crippen molar-refractivity contribution >= 4 is 11.7 Å². The topological polar surface area (TPSA) is 67.8 Å². The van der Waals surface area contributed by atoms with Crippen LogP contribution in [-0.2, 0) is 4.79 Å². The summed E-state index contributed by atoms with van der Waals surface area (Å²) >= 11 is 0. The minimum atomic E-state index is -0.961. The maximum Gasteiger partial charge on any atom is 0.127 e. The number of hydrogen-bond donors (Lipinski definition) is 1. The summed E-state index contributed by atoms with van der Waals surface area (Å²) in [6, 6.07) is 9.87. The average molecular weight is 181 g/mol. The van der Waals surface area contributed by atoms with Gasteiger partial charge in [-0.2, -0.15) is 0 Å². The van der Waals surface area contributed by atoms with Gasteiger partial charge in [0.05, 0.1) is 0 Å². The van der Waals surface area contributed by atoms with Crippen molar-refractivity contribution in [1.29, 1.82) is 0 Å². The zero-order valence-corrected chi connectivity index (χ0v) is 7.82. The number of carboxylic acids is 1. The summed E-state index contributed by atoms with van der Waals surface area (Å²) in [5.41, 5.74) is 4.79. The molecule has 3 nitrogen and oxygen atoms in total. The summed E-state index contributed by atoms with van der Waals surface area (Å²) in [6.07, 6.45) is 0.850. The van der Waals surface area contributed by atoms with Gasteiger partial charge in [0.2, 0.25) is 0 Å². The highest BCUT2D eigenvalue weighted by molar-refractivity contribution is 5.63. The number of carbonyl (C=O) groups excluding carboxylic acids is 1. The molecule has 0 aliphatic rings. The van der Waals surface area contributed by atoms with E-state index in [4.69, 9.17) is 0 Å². The van der Waals surface area contributed by atoms with Crippen LogP contribution in [0.4, 0.5) is 5.69 Å². The molecule has 72 valence electrons. The lowest BCUT2D eigenvalue weighted by Crippen LogP contribution is -2.39. The fourth-order valence-electron chi connectivity index (χ4n) is 0.682. The van der Waals surface area contributed by atoms with E-state index in [0.29, 0.717) is 6.42 Å². The minimum Gasteiger partial charge on any atom is -0.550 e. The van der Waals surface area contributed by atoms with E-state index in [1.807, 2.05) is 30.3 Å². The monoisotopic (exact) mass is 181 g/mol. The van der Waals surface area contributed by atoms with Crippen LogP contribution in [0.5, 0.6) is 0 Å². The van der Waals surface area contributed by atoms with Crippen LogP contribution in [-0.4, -0.2) is 5.97 Å². The maximum atomic E-state index is 9.49. The van der Waals surface area contributed by atoms with Gasteiger partial charge in [0.15, 0.2) is 0 Å². The highest BCUT2D eigenvalue weighted by Gasteiger charge is 1.77. The summed E-state index contributed by atoms with van der Waals surface area (Å²) in [6.45, 7) is 1.80. The largest absolute Gasteiger partial charge is 0.550 e. The highest BCUT2D eigenvalue weighted by Crippen LogP contribution is 1.93. The van der Waals surface area contributed by atoms with Crippen LogP contribution in [0.1, 0.15) is 19.8 Å². The molecule has 0 fully saturated rings. The lowest BCUT2D eigenvalue weighted by Gasteiger charge is -1.92. The third-order valence-corrected chi connectivity index (χ3v) is 1.30. The summed E-state index contributed by atoms with van der Waals surface area (Å²) in [4.78, 5) is 9.49. The van der Waals surface area contributed by atoms with Crippen LogP contribution in [0.2, 0.25) is 0 Å². The van der Waals surface area contributed by atoms with Crippen molar-refractivity contribution in [1.82, 2.24) is 0 Å². The standard InChI is InChI=1S/C6H7N.C4H8O2/c7-6-4-2-1-3-5-6;1-2-3-4(5)6/h1-5H,7H2;2-3H2,1H3,(H,5,6).